The molecule has 0 spiro atoms. The predicted octanol–water partition coefficient (Wildman–Crippen LogP) is -0.424. The highest BCUT2D eigenvalue weighted by Gasteiger charge is 2.28. The second-order valence-electron chi connectivity index (χ2n) is 8.17. The lowest BCUT2D eigenvalue weighted by Gasteiger charge is -2.36. The molecule has 2 aliphatic heterocycles. The Bertz CT molecular complexity index is 537. The van der Waals surface area contributed by atoms with E-state index in [0.717, 1.165) is 52.1 Å². The molecular weight excluding hydrogens is 386 g/mol. The number of amides is 2. The molecule has 1 atom stereocenters. The van der Waals surface area contributed by atoms with Gasteiger partial charge in [0.25, 0.3) is 0 Å². The maximum atomic E-state index is 12.3. The number of hydrogen-bond acceptors (Lipinski definition) is 6. The zero-order chi connectivity index (χ0) is 21.1. The molecule has 9 nitrogen and oxygen atoms in total. The minimum atomic E-state index is -0.856. The molecule has 0 radical (unpaired) electrons. The van der Waals surface area contributed by atoms with Crippen LogP contribution in [0.15, 0.2) is 0 Å². The first-order valence-electron chi connectivity index (χ1n) is 10.8. The fourth-order valence-electron chi connectivity index (χ4n) is 3.91. The van der Waals surface area contributed by atoms with Crippen molar-refractivity contribution in [2.75, 3.05) is 66.0 Å². The largest absolute Gasteiger partial charge is 0.481 e. The van der Waals surface area contributed by atoms with Crippen molar-refractivity contribution < 1.29 is 19.5 Å². The van der Waals surface area contributed by atoms with Gasteiger partial charge in [-0.15, -0.1) is 0 Å². The zero-order valence-electron chi connectivity index (χ0n) is 17.7. The molecule has 9 heteroatoms. The van der Waals surface area contributed by atoms with E-state index in [2.05, 4.69) is 32.4 Å². The lowest BCUT2D eigenvalue weighted by Crippen LogP contribution is -2.50. The van der Waals surface area contributed by atoms with Gasteiger partial charge < -0.3 is 20.6 Å². The molecular formula is C20H37N5O4. The lowest BCUT2D eigenvalue weighted by atomic mass is 10.2. The zero-order valence-corrected chi connectivity index (χ0v) is 17.7. The van der Waals surface area contributed by atoms with Crippen LogP contribution in [0.2, 0.25) is 0 Å². The second-order valence-corrected chi connectivity index (χ2v) is 8.17. The van der Waals surface area contributed by atoms with E-state index in [-0.39, 0.29) is 18.2 Å². The summed E-state index contributed by atoms with van der Waals surface area (Å²) in [5.41, 5.74) is 0. The molecule has 2 heterocycles. The van der Waals surface area contributed by atoms with Crippen LogP contribution in [0.3, 0.4) is 0 Å². The van der Waals surface area contributed by atoms with Crippen molar-refractivity contribution >= 4 is 17.8 Å². The smallest absolute Gasteiger partial charge is 0.303 e. The minimum Gasteiger partial charge on any atom is -0.481 e. The van der Waals surface area contributed by atoms with E-state index in [9.17, 15) is 14.4 Å². The minimum absolute atomic E-state index is 0.0251. The average molecular weight is 423 g/mol. The summed E-state index contributed by atoms with van der Waals surface area (Å²) in [4.78, 5) is 41.5. The van der Waals surface area contributed by atoms with E-state index in [1.165, 1.54) is 0 Å². The highest BCUT2D eigenvalue weighted by atomic mass is 16.5. The van der Waals surface area contributed by atoms with Gasteiger partial charge in [0.2, 0.25) is 11.8 Å². The van der Waals surface area contributed by atoms with Crippen molar-refractivity contribution in [3.63, 3.8) is 0 Å². The number of nitrogens with zero attached hydrogens (tertiary/aromatic N) is 3. The van der Waals surface area contributed by atoms with E-state index in [1.54, 1.807) is 0 Å². The van der Waals surface area contributed by atoms with Gasteiger partial charge in [0, 0.05) is 64.7 Å². The molecule has 0 saturated carbocycles. The Hall–Kier alpha value is -1.71. The molecule has 1 unspecified atom stereocenters. The van der Waals surface area contributed by atoms with Crippen molar-refractivity contribution in [3.05, 3.63) is 0 Å². The van der Waals surface area contributed by atoms with Crippen LogP contribution in [0.25, 0.3) is 0 Å². The Kier molecular flexibility index (Phi) is 10.4. The van der Waals surface area contributed by atoms with Gasteiger partial charge in [0.15, 0.2) is 0 Å². The van der Waals surface area contributed by atoms with Crippen LogP contribution in [0, 0.1) is 0 Å². The van der Waals surface area contributed by atoms with Gasteiger partial charge in [-0.2, -0.15) is 0 Å². The molecule has 0 bridgehead atoms. The van der Waals surface area contributed by atoms with E-state index in [4.69, 9.17) is 5.11 Å². The summed E-state index contributed by atoms with van der Waals surface area (Å²) in [5.74, 6) is -0.931. The van der Waals surface area contributed by atoms with Crippen LogP contribution >= 0.6 is 0 Å². The van der Waals surface area contributed by atoms with Gasteiger partial charge in [0.05, 0.1) is 6.54 Å². The number of carbonyl (C=O) groups is 3. The topological polar surface area (TPSA) is 105 Å². The van der Waals surface area contributed by atoms with Crippen molar-refractivity contribution in [3.8, 4) is 0 Å². The molecule has 3 N–H and O–H groups in total. The summed E-state index contributed by atoms with van der Waals surface area (Å²) >= 11 is 0. The molecule has 0 aliphatic carbocycles. The van der Waals surface area contributed by atoms with Crippen LogP contribution in [-0.2, 0) is 14.4 Å². The van der Waals surface area contributed by atoms with Crippen molar-refractivity contribution in [2.45, 2.75) is 44.6 Å². The Morgan fingerprint density at radius 1 is 0.931 bits per heavy atom. The van der Waals surface area contributed by atoms with Crippen LogP contribution in [0.1, 0.15) is 38.5 Å². The number of rotatable bonds is 12. The molecule has 2 rings (SSSR count). The van der Waals surface area contributed by atoms with Gasteiger partial charge in [-0.25, -0.2) is 0 Å². The first-order valence-corrected chi connectivity index (χ1v) is 10.8. The second kappa shape index (κ2) is 12.8. The van der Waals surface area contributed by atoms with Crippen LogP contribution in [0.4, 0.5) is 0 Å². The Balaban J connectivity index is 1.55. The van der Waals surface area contributed by atoms with Gasteiger partial charge in [-0.3, -0.25) is 24.2 Å². The fourth-order valence-corrected chi connectivity index (χ4v) is 3.91. The third-order valence-corrected chi connectivity index (χ3v) is 5.70. The predicted molar refractivity (Wildman–Crippen MR) is 111 cm³/mol. The highest BCUT2D eigenvalue weighted by Crippen LogP contribution is 2.18. The third kappa shape index (κ3) is 9.56. The summed E-state index contributed by atoms with van der Waals surface area (Å²) in [6.45, 7) is 7.74. The summed E-state index contributed by atoms with van der Waals surface area (Å²) in [6.07, 6.45) is 3.71. The number of likely N-dealkylation sites (tertiary alicyclic amines) is 1. The molecule has 0 aromatic carbocycles. The summed E-state index contributed by atoms with van der Waals surface area (Å²) < 4.78 is 0. The highest BCUT2D eigenvalue weighted by molar-refractivity contribution is 5.78. The summed E-state index contributed by atoms with van der Waals surface area (Å²) in [7, 11) is 2.16. The standard InChI is InChI=1S/C20H37N5O4/c1-23-11-13-24(14-12-23)15-17-5-4-10-25(17)16-19(27)22-8-2-6-18(26)21-9-3-7-20(28)29/h17H,2-16H2,1H3,(H,21,26)(H,22,27)(H,28,29)/i2+1,3+1,6+1,7+1,8+1,9+1,18+1,19+1,20+1,21+1,22+1,25+1. The molecule has 2 amide bonds. The van der Waals surface area contributed by atoms with Crippen molar-refractivity contribution in [2.24, 2.45) is 0 Å². The van der Waals surface area contributed by atoms with Gasteiger partial charge in [-0.05, 0) is 39.3 Å². The number of carboxylic acid groups (broad SMARTS) is 1. The van der Waals surface area contributed by atoms with Gasteiger partial charge >= 0.3 is 5.97 Å². The van der Waals surface area contributed by atoms with Crippen LogP contribution in [0.5, 0.6) is 0 Å². The quantitative estimate of drug-likeness (QED) is 0.222. The van der Waals surface area contributed by atoms with Crippen molar-refractivity contribution in [1.82, 2.24) is 25.3 Å². The first-order chi connectivity index (χ1) is 13.9. The number of carboxylic acids is 1. The van der Waals surface area contributed by atoms with Crippen LogP contribution < -0.4 is 10.6 Å². The molecule has 2 saturated heterocycles. The Morgan fingerprint density at radius 2 is 1.59 bits per heavy atom. The SMILES string of the molecule is CN1CCN(CC2CCC[15N]2C[13C](=O)[15NH][13CH2][13CH2][13CH2][13C](=O)[15NH][13CH2][13CH2][13CH2][13C](=O)O)CC1. The average Bonchev–Trinajstić information content (AvgIpc) is 3.10. The number of hydrogen-bond donors (Lipinski definition) is 3. The molecule has 29 heavy (non-hydrogen) atoms. The van der Waals surface area contributed by atoms with E-state index >= 15 is 0 Å². The number of likely N-dealkylation sites (N-methyl/N-ethyl adjacent to an activating group) is 1. The maximum Gasteiger partial charge on any atom is 0.303 e. The lowest BCUT2D eigenvalue weighted by molar-refractivity contribution is -0.137. The first kappa shape index (κ1) is 23.6. The summed E-state index contributed by atoms with van der Waals surface area (Å²) in [6, 6.07) is 0.459. The Labute approximate surface area is 173 Å². The Morgan fingerprint density at radius 3 is 2.28 bits per heavy atom. The van der Waals surface area contributed by atoms with Gasteiger partial charge in [-0.1, -0.05) is 0 Å². The van der Waals surface area contributed by atoms with Crippen molar-refractivity contribution in [1.29, 1.82) is 0 Å². The molecule has 0 aromatic rings. The normalized spacial score (nSPS) is 21.2. The monoisotopic (exact) mass is 423 g/mol. The van der Waals surface area contributed by atoms with Gasteiger partial charge in [0.1, 0.15) is 0 Å². The van der Waals surface area contributed by atoms with E-state index in [0.29, 0.717) is 44.9 Å². The van der Waals surface area contributed by atoms with E-state index < -0.39 is 5.97 Å². The van der Waals surface area contributed by atoms with Crippen LogP contribution in [-0.4, -0.2) is 110 Å². The fraction of sp³-hybridized carbons (Fsp3) is 0.850. The molecule has 166 valence electrons. The molecule has 0 aromatic heterocycles. The molecule has 2 fully saturated rings. The third-order valence-electron chi connectivity index (χ3n) is 5.70. The van der Waals surface area contributed by atoms with E-state index in [1.807, 2.05) is 0 Å². The molecule has 2 aliphatic rings. The number of nitrogens with one attached hydrogen (secondary N) is 2. The number of aliphatic carboxylic acids is 1. The maximum absolute atomic E-state index is 12.3. The number of piperazine rings is 1. The summed E-state index contributed by atoms with van der Waals surface area (Å²) in [5, 5.41) is 14.2. The number of carbonyl (C=O) groups excluding carboxylic acids is 2.